The van der Waals surface area contributed by atoms with Gasteiger partial charge in [-0.05, 0) is 12.5 Å². The van der Waals surface area contributed by atoms with E-state index in [1.54, 1.807) is 12.3 Å². The number of nitrogens with zero attached hydrogens (tertiary/aromatic N) is 1. The molecule has 0 heterocycles. The molecule has 0 fully saturated rings. The van der Waals surface area contributed by atoms with Gasteiger partial charge < -0.3 is 4.74 Å². The lowest BCUT2D eigenvalue weighted by molar-refractivity contribution is 0.258. The van der Waals surface area contributed by atoms with E-state index in [0.29, 0.717) is 10.0 Å². The Morgan fingerprint density at radius 3 is 2.69 bits per heavy atom. The van der Waals surface area contributed by atoms with Gasteiger partial charge in [0.1, 0.15) is 6.61 Å². The van der Waals surface area contributed by atoms with Crippen LogP contribution in [0.2, 0.25) is 10.0 Å². The average molecular weight is 216 g/mol. The van der Waals surface area contributed by atoms with Crippen molar-refractivity contribution in [1.82, 2.24) is 0 Å². The Labute approximate surface area is 86.6 Å². The van der Waals surface area contributed by atoms with Gasteiger partial charge in [0.2, 0.25) is 0 Å². The number of ether oxygens (including phenoxy) is 1. The van der Waals surface area contributed by atoms with Crippen LogP contribution in [0.1, 0.15) is 11.1 Å². The Morgan fingerprint density at radius 1 is 1.38 bits per heavy atom. The van der Waals surface area contributed by atoms with Crippen molar-refractivity contribution in [3.8, 4) is 6.26 Å². The first-order valence-corrected chi connectivity index (χ1v) is 4.36. The highest BCUT2D eigenvalue weighted by molar-refractivity contribution is 6.42. The molecule has 0 aromatic heterocycles. The van der Waals surface area contributed by atoms with Gasteiger partial charge in [-0.2, -0.15) is 5.26 Å². The summed E-state index contributed by atoms with van der Waals surface area (Å²) < 4.78 is 4.56. The van der Waals surface area contributed by atoms with Gasteiger partial charge in [-0.1, -0.05) is 35.3 Å². The highest BCUT2D eigenvalue weighted by Gasteiger charge is 2.07. The normalized spacial score (nSPS) is 9.38. The first kappa shape index (κ1) is 10.2. The summed E-state index contributed by atoms with van der Waals surface area (Å²) in [4.78, 5) is 0. The fraction of sp³-hybridized carbons (Fsp3) is 0.222. The van der Waals surface area contributed by atoms with Crippen molar-refractivity contribution in [3.05, 3.63) is 33.3 Å². The van der Waals surface area contributed by atoms with Crippen LogP contribution in [-0.2, 0) is 11.3 Å². The molecule has 0 amide bonds. The van der Waals surface area contributed by atoms with Gasteiger partial charge in [0.15, 0.2) is 0 Å². The molecule has 1 aromatic carbocycles. The first-order chi connectivity index (χ1) is 6.16. The van der Waals surface area contributed by atoms with E-state index in [1.165, 1.54) is 0 Å². The summed E-state index contributed by atoms with van der Waals surface area (Å²) >= 11 is 11.8. The molecule has 0 unspecified atom stereocenters. The summed E-state index contributed by atoms with van der Waals surface area (Å²) in [5.74, 6) is 0. The third-order valence-corrected chi connectivity index (χ3v) is 2.66. The van der Waals surface area contributed by atoms with Crippen molar-refractivity contribution < 1.29 is 4.74 Å². The monoisotopic (exact) mass is 215 g/mol. The van der Waals surface area contributed by atoms with Crippen molar-refractivity contribution in [2.75, 3.05) is 0 Å². The zero-order valence-corrected chi connectivity index (χ0v) is 8.49. The van der Waals surface area contributed by atoms with Gasteiger partial charge in [0, 0.05) is 5.56 Å². The minimum Gasteiger partial charge on any atom is -0.423 e. The maximum absolute atomic E-state index is 8.19. The zero-order chi connectivity index (χ0) is 9.84. The Kier molecular flexibility index (Phi) is 3.41. The van der Waals surface area contributed by atoms with E-state index in [9.17, 15) is 0 Å². The number of aryl methyl sites for hydroxylation is 1. The molecule has 13 heavy (non-hydrogen) atoms. The quantitative estimate of drug-likeness (QED) is 0.710. The second-order valence-electron chi connectivity index (χ2n) is 2.55. The summed E-state index contributed by atoms with van der Waals surface area (Å²) in [6.07, 6.45) is 1.58. The molecule has 0 bridgehead atoms. The van der Waals surface area contributed by atoms with E-state index in [4.69, 9.17) is 28.5 Å². The minimum atomic E-state index is 0.162. The third kappa shape index (κ3) is 2.27. The first-order valence-electron chi connectivity index (χ1n) is 3.61. The van der Waals surface area contributed by atoms with Crippen LogP contribution in [0.25, 0.3) is 0 Å². The van der Waals surface area contributed by atoms with Crippen molar-refractivity contribution in [2.45, 2.75) is 13.5 Å². The molecule has 68 valence electrons. The van der Waals surface area contributed by atoms with E-state index in [0.717, 1.165) is 11.1 Å². The van der Waals surface area contributed by atoms with Crippen molar-refractivity contribution in [1.29, 1.82) is 5.26 Å². The molecule has 0 spiro atoms. The van der Waals surface area contributed by atoms with E-state index in [2.05, 4.69) is 4.74 Å². The highest BCUT2D eigenvalue weighted by atomic mass is 35.5. The zero-order valence-electron chi connectivity index (χ0n) is 6.97. The lowest BCUT2D eigenvalue weighted by Gasteiger charge is -2.05. The average Bonchev–Trinajstić information content (AvgIpc) is 2.13. The van der Waals surface area contributed by atoms with Gasteiger partial charge in [0.25, 0.3) is 6.26 Å². The summed E-state index contributed by atoms with van der Waals surface area (Å²) in [5, 5.41) is 9.16. The topological polar surface area (TPSA) is 33.0 Å². The molecule has 4 heteroatoms. The van der Waals surface area contributed by atoms with Crippen LogP contribution in [0.3, 0.4) is 0 Å². The lowest BCUT2D eigenvalue weighted by Crippen LogP contribution is -1.90. The van der Waals surface area contributed by atoms with Gasteiger partial charge >= 0.3 is 0 Å². The molecular formula is C9H7Cl2NO. The Bertz CT molecular complexity index is 357. The number of nitriles is 1. The summed E-state index contributed by atoms with van der Waals surface area (Å²) in [6.45, 7) is 2.03. The second kappa shape index (κ2) is 4.36. The SMILES string of the molecule is Cc1ccc(COC#N)c(Cl)c1Cl. The van der Waals surface area contributed by atoms with E-state index >= 15 is 0 Å². The number of benzene rings is 1. The molecule has 1 rings (SSSR count). The van der Waals surface area contributed by atoms with Crippen molar-refractivity contribution in [2.24, 2.45) is 0 Å². The molecule has 2 nitrogen and oxygen atoms in total. The fourth-order valence-corrected chi connectivity index (χ4v) is 1.36. The summed E-state index contributed by atoms with van der Waals surface area (Å²) in [5.41, 5.74) is 1.63. The molecule has 0 N–H and O–H groups in total. The van der Waals surface area contributed by atoms with Crippen LogP contribution in [0, 0.1) is 18.4 Å². The fourth-order valence-electron chi connectivity index (χ4n) is 0.907. The number of hydrogen-bond acceptors (Lipinski definition) is 2. The maximum Gasteiger partial charge on any atom is 0.286 e. The number of hydrogen-bond donors (Lipinski definition) is 0. The molecule has 0 aliphatic heterocycles. The smallest absolute Gasteiger partial charge is 0.286 e. The van der Waals surface area contributed by atoms with Crippen molar-refractivity contribution in [3.63, 3.8) is 0 Å². The van der Waals surface area contributed by atoms with Crippen LogP contribution >= 0.6 is 23.2 Å². The van der Waals surface area contributed by atoms with Gasteiger partial charge in [-0.15, -0.1) is 0 Å². The number of rotatable bonds is 2. The van der Waals surface area contributed by atoms with E-state index in [1.807, 2.05) is 13.0 Å². The van der Waals surface area contributed by atoms with Crippen LogP contribution in [0.15, 0.2) is 12.1 Å². The number of halogens is 2. The molecule has 0 saturated carbocycles. The van der Waals surface area contributed by atoms with Crippen LogP contribution < -0.4 is 0 Å². The van der Waals surface area contributed by atoms with Crippen LogP contribution in [-0.4, -0.2) is 0 Å². The van der Waals surface area contributed by atoms with Gasteiger partial charge in [0.05, 0.1) is 10.0 Å². The predicted molar refractivity (Wildman–Crippen MR) is 51.6 cm³/mol. The molecule has 0 aliphatic rings. The minimum absolute atomic E-state index is 0.162. The molecule has 0 saturated heterocycles. The second-order valence-corrected chi connectivity index (χ2v) is 3.31. The van der Waals surface area contributed by atoms with Gasteiger partial charge in [-0.25, -0.2) is 0 Å². The molecule has 1 aromatic rings. The largest absolute Gasteiger partial charge is 0.423 e. The molecule has 0 atom stereocenters. The standard InChI is InChI=1S/C9H7Cl2NO/c1-6-2-3-7(4-13-5-12)9(11)8(6)10/h2-3H,4H2,1H3. The van der Waals surface area contributed by atoms with E-state index in [-0.39, 0.29) is 6.61 Å². The Balaban J connectivity index is 2.98. The third-order valence-electron chi connectivity index (χ3n) is 1.65. The molecule has 0 radical (unpaired) electrons. The summed E-state index contributed by atoms with van der Waals surface area (Å²) in [6, 6.07) is 3.63. The Hall–Kier alpha value is -0.910. The van der Waals surface area contributed by atoms with Crippen molar-refractivity contribution >= 4 is 23.2 Å². The Morgan fingerprint density at radius 2 is 2.08 bits per heavy atom. The van der Waals surface area contributed by atoms with Crippen LogP contribution in [0.5, 0.6) is 0 Å². The highest BCUT2D eigenvalue weighted by Crippen LogP contribution is 2.29. The molecular weight excluding hydrogens is 209 g/mol. The predicted octanol–water partition coefficient (Wildman–Crippen LogP) is 3.30. The lowest BCUT2D eigenvalue weighted by atomic mass is 10.1. The summed E-state index contributed by atoms with van der Waals surface area (Å²) in [7, 11) is 0. The molecule has 0 aliphatic carbocycles. The van der Waals surface area contributed by atoms with E-state index < -0.39 is 0 Å². The van der Waals surface area contributed by atoms with Crippen LogP contribution in [0.4, 0.5) is 0 Å². The maximum atomic E-state index is 8.19. The van der Waals surface area contributed by atoms with Gasteiger partial charge in [-0.3, -0.25) is 0 Å².